The lowest BCUT2D eigenvalue weighted by atomic mass is 10.1. The first-order chi connectivity index (χ1) is 10.9. The molecular weight excluding hydrogens is 300 g/mol. The number of ketones is 1. The van der Waals surface area contributed by atoms with Gasteiger partial charge in [-0.15, -0.1) is 0 Å². The topological polar surface area (TPSA) is 113 Å². The Kier molecular flexibility index (Phi) is 4.37. The summed E-state index contributed by atoms with van der Waals surface area (Å²) in [5.74, 6) is -1.31. The van der Waals surface area contributed by atoms with E-state index in [1.165, 1.54) is 21.0 Å². The second-order valence-corrected chi connectivity index (χ2v) is 4.73. The van der Waals surface area contributed by atoms with E-state index in [1.807, 2.05) is 0 Å². The molecule has 0 spiro atoms. The van der Waals surface area contributed by atoms with Gasteiger partial charge in [-0.2, -0.15) is 5.26 Å². The molecule has 7 heteroatoms. The Balaban J connectivity index is 2.62. The van der Waals surface area contributed by atoms with Crippen LogP contribution in [-0.2, 0) is 4.79 Å². The predicted molar refractivity (Wildman–Crippen MR) is 82.3 cm³/mol. The highest BCUT2D eigenvalue weighted by Crippen LogP contribution is 2.36. The molecule has 0 aliphatic rings. The van der Waals surface area contributed by atoms with Crippen molar-refractivity contribution in [2.75, 3.05) is 12.4 Å². The van der Waals surface area contributed by atoms with Crippen LogP contribution < -0.4 is 10.1 Å². The van der Waals surface area contributed by atoms with Gasteiger partial charge in [0.05, 0.1) is 12.8 Å². The molecule has 0 atom stereocenters. The zero-order valence-electron chi connectivity index (χ0n) is 12.8. The van der Waals surface area contributed by atoms with Gasteiger partial charge in [-0.05, 0) is 19.1 Å². The van der Waals surface area contributed by atoms with Crippen LogP contribution in [0.15, 0.2) is 33.9 Å². The number of furan rings is 1. The molecule has 0 fully saturated rings. The molecule has 2 aromatic rings. The number of fused-ring (bicyclic) bond motifs is 1. The van der Waals surface area contributed by atoms with E-state index in [1.54, 1.807) is 24.3 Å². The van der Waals surface area contributed by atoms with Crippen molar-refractivity contribution in [2.45, 2.75) is 13.8 Å². The van der Waals surface area contributed by atoms with Crippen LogP contribution in [0, 0.1) is 11.3 Å². The van der Waals surface area contributed by atoms with Crippen LogP contribution in [0.25, 0.3) is 11.0 Å². The molecule has 0 saturated carbocycles. The minimum absolute atomic E-state index is 0.0641. The monoisotopic (exact) mass is 314 g/mol. The molecule has 1 heterocycles. The molecule has 1 aromatic heterocycles. The van der Waals surface area contributed by atoms with E-state index in [0.29, 0.717) is 16.7 Å². The number of aliphatic hydroxyl groups excluding tert-OH is 1. The number of hydrogen-bond donors (Lipinski definition) is 2. The van der Waals surface area contributed by atoms with Crippen LogP contribution in [0.1, 0.15) is 24.4 Å². The molecule has 0 unspecified atom stereocenters. The summed E-state index contributed by atoms with van der Waals surface area (Å²) < 4.78 is 10.7. The molecule has 1 amide bonds. The molecule has 2 N–H and O–H groups in total. The van der Waals surface area contributed by atoms with Crippen molar-refractivity contribution in [3.05, 3.63) is 35.3 Å². The van der Waals surface area contributed by atoms with E-state index in [-0.39, 0.29) is 11.4 Å². The number of benzene rings is 1. The second-order valence-electron chi connectivity index (χ2n) is 4.73. The standard InChI is InChI=1S/C16H14N2O5/c1-8(19)11(7-17)16(21)18-13-10-5-4-6-12(22-3)15(10)23-14(13)9(2)20/h4-6,19H,1-3H3,(H,18,21)/b11-8+. The number of rotatable bonds is 4. The number of nitriles is 1. The van der Waals surface area contributed by atoms with Crippen molar-refractivity contribution in [3.8, 4) is 11.8 Å². The normalized spacial score (nSPS) is 11.6. The van der Waals surface area contributed by atoms with E-state index < -0.39 is 23.0 Å². The number of methoxy groups -OCH3 is 1. The average molecular weight is 314 g/mol. The number of nitrogens with one attached hydrogen (secondary N) is 1. The number of Topliss-reactive ketones (excluding diaryl/α,β-unsaturated/α-hetero) is 1. The smallest absolute Gasteiger partial charge is 0.269 e. The number of allylic oxidation sites excluding steroid dienone is 1. The summed E-state index contributed by atoms with van der Waals surface area (Å²) in [6.45, 7) is 2.51. The van der Waals surface area contributed by atoms with Crippen LogP contribution in [-0.4, -0.2) is 23.9 Å². The number of carbonyl (C=O) groups excluding carboxylic acids is 2. The van der Waals surface area contributed by atoms with Gasteiger partial charge in [-0.3, -0.25) is 9.59 Å². The lowest BCUT2D eigenvalue weighted by molar-refractivity contribution is -0.112. The van der Waals surface area contributed by atoms with Crippen LogP contribution in [0.4, 0.5) is 5.69 Å². The van der Waals surface area contributed by atoms with Gasteiger partial charge in [0.25, 0.3) is 5.91 Å². The summed E-state index contributed by atoms with van der Waals surface area (Å²) in [4.78, 5) is 23.9. The van der Waals surface area contributed by atoms with Crippen LogP contribution in [0.2, 0.25) is 0 Å². The van der Waals surface area contributed by atoms with E-state index >= 15 is 0 Å². The molecule has 23 heavy (non-hydrogen) atoms. The first kappa shape index (κ1) is 16.1. The summed E-state index contributed by atoms with van der Waals surface area (Å²) >= 11 is 0. The molecule has 118 valence electrons. The summed E-state index contributed by atoms with van der Waals surface area (Å²) in [5, 5.41) is 21.2. The first-order valence-electron chi connectivity index (χ1n) is 6.62. The highest BCUT2D eigenvalue weighted by molar-refractivity contribution is 6.15. The molecule has 2 rings (SSSR count). The largest absolute Gasteiger partial charge is 0.511 e. The third kappa shape index (κ3) is 2.87. The summed E-state index contributed by atoms with van der Waals surface area (Å²) in [6, 6.07) is 6.58. The van der Waals surface area contributed by atoms with Crippen LogP contribution >= 0.6 is 0 Å². The lowest BCUT2D eigenvalue weighted by Crippen LogP contribution is -2.16. The molecule has 1 aromatic carbocycles. The third-order valence-corrected chi connectivity index (χ3v) is 3.16. The van der Waals surface area contributed by atoms with Gasteiger partial charge >= 0.3 is 0 Å². The maximum Gasteiger partial charge on any atom is 0.269 e. The van der Waals surface area contributed by atoms with Crippen molar-refractivity contribution in [1.29, 1.82) is 5.26 Å². The minimum Gasteiger partial charge on any atom is -0.511 e. The van der Waals surface area contributed by atoms with E-state index in [0.717, 1.165) is 0 Å². The molecular formula is C16H14N2O5. The second kappa shape index (κ2) is 6.23. The Labute approximate surface area is 131 Å². The van der Waals surface area contributed by atoms with Crippen LogP contribution in [0.5, 0.6) is 5.75 Å². The zero-order valence-corrected chi connectivity index (χ0v) is 12.8. The van der Waals surface area contributed by atoms with Gasteiger partial charge in [0.1, 0.15) is 11.8 Å². The molecule has 0 saturated heterocycles. The highest BCUT2D eigenvalue weighted by atomic mass is 16.5. The summed E-state index contributed by atoms with van der Waals surface area (Å²) in [6.07, 6.45) is 0. The lowest BCUT2D eigenvalue weighted by Gasteiger charge is -2.04. The highest BCUT2D eigenvalue weighted by Gasteiger charge is 2.23. The number of aliphatic hydroxyl groups is 1. The number of nitrogens with zero attached hydrogens (tertiary/aromatic N) is 1. The fourth-order valence-electron chi connectivity index (χ4n) is 2.10. The number of anilines is 1. The van der Waals surface area contributed by atoms with Gasteiger partial charge in [0.15, 0.2) is 28.4 Å². The van der Waals surface area contributed by atoms with Gasteiger partial charge in [0.2, 0.25) is 0 Å². The number of amides is 1. The van der Waals surface area contributed by atoms with Crippen molar-refractivity contribution in [3.63, 3.8) is 0 Å². The van der Waals surface area contributed by atoms with Crippen molar-refractivity contribution in [2.24, 2.45) is 0 Å². The third-order valence-electron chi connectivity index (χ3n) is 3.16. The van der Waals surface area contributed by atoms with Gasteiger partial charge in [-0.25, -0.2) is 0 Å². The van der Waals surface area contributed by atoms with Crippen LogP contribution in [0.3, 0.4) is 0 Å². The Morgan fingerprint density at radius 2 is 2.04 bits per heavy atom. The molecule has 0 aliphatic carbocycles. The minimum atomic E-state index is -0.833. The van der Waals surface area contributed by atoms with Gasteiger partial charge in [0, 0.05) is 12.3 Å². The molecule has 0 aliphatic heterocycles. The fourth-order valence-corrected chi connectivity index (χ4v) is 2.10. The zero-order chi connectivity index (χ0) is 17.1. The van der Waals surface area contributed by atoms with Crippen molar-refractivity contribution >= 4 is 28.3 Å². The SMILES string of the molecule is COc1cccc2c(NC(=O)/C(C#N)=C(\C)O)c(C(C)=O)oc12. The maximum atomic E-state index is 12.1. The summed E-state index contributed by atoms with van der Waals surface area (Å²) in [7, 11) is 1.45. The Morgan fingerprint density at radius 1 is 1.35 bits per heavy atom. The number of hydrogen-bond acceptors (Lipinski definition) is 6. The average Bonchev–Trinajstić information content (AvgIpc) is 2.86. The van der Waals surface area contributed by atoms with Crippen molar-refractivity contribution < 1.29 is 23.8 Å². The molecule has 0 bridgehead atoms. The van der Waals surface area contributed by atoms with E-state index in [4.69, 9.17) is 14.4 Å². The number of ether oxygens (including phenoxy) is 1. The maximum absolute atomic E-state index is 12.1. The van der Waals surface area contributed by atoms with E-state index in [9.17, 15) is 14.7 Å². The fraction of sp³-hybridized carbons (Fsp3) is 0.188. The van der Waals surface area contributed by atoms with Gasteiger partial charge < -0.3 is 19.6 Å². The number of carbonyl (C=O) groups is 2. The Bertz CT molecular complexity index is 866. The first-order valence-corrected chi connectivity index (χ1v) is 6.62. The van der Waals surface area contributed by atoms with Crippen molar-refractivity contribution in [1.82, 2.24) is 0 Å². The van der Waals surface area contributed by atoms with E-state index in [2.05, 4.69) is 5.32 Å². The molecule has 0 radical (unpaired) electrons. The van der Waals surface area contributed by atoms with Gasteiger partial charge in [-0.1, -0.05) is 6.07 Å². The Hall–Kier alpha value is -3.27. The number of para-hydroxylation sites is 1. The molecule has 7 nitrogen and oxygen atoms in total. The summed E-state index contributed by atoms with van der Waals surface area (Å²) in [5.41, 5.74) is -0.0131. The predicted octanol–water partition coefficient (Wildman–Crippen LogP) is 2.94. The quantitative estimate of drug-likeness (QED) is 0.388. The Morgan fingerprint density at radius 3 is 2.57 bits per heavy atom.